The van der Waals surface area contributed by atoms with Crippen LogP contribution in [0.25, 0.3) is 0 Å². The second-order valence-electron chi connectivity index (χ2n) is 6.72. The quantitative estimate of drug-likeness (QED) is 0.815. The first-order chi connectivity index (χ1) is 10.0. The van der Waals surface area contributed by atoms with E-state index in [1.165, 1.54) is 6.42 Å². The zero-order valence-electron chi connectivity index (χ0n) is 13.4. The van der Waals surface area contributed by atoms with Crippen LogP contribution in [0.1, 0.15) is 51.9 Å². The van der Waals surface area contributed by atoms with Crippen LogP contribution in [0.2, 0.25) is 0 Å². The molecule has 0 bridgehead atoms. The van der Waals surface area contributed by atoms with Crippen molar-refractivity contribution in [2.45, 2.75) is 68.8 Å². The fraction of sp³-hybridized carbons (Fsp3) is 0.938. The minimum atomic E-state index is -0.457. The van der Waals surface area contributed by atoms with Crippen LogP contribution in [-0.2, 0) is 4.79 Å². The van der Waals surface area contributed by atoms with Gasteiger partial charge in [0.15, 0.2) is 0 Å². The van der Waals surface area contributed by atoms with Crippen molar-refractivity contribution in [1.29, 1.82) is 0 Å². The predicted molar refractivity (Wildman–Crippen MR) is 88.6 cm³/mol. The van der Waals surface area contributed by atoms with Gasteiger partial charge in [-0.25, -0.2) is 0 Å². The lowest BCUT2D eigenvalue weighted by molar-refractivity contribution is -0.121. The van der Waals surface area contributed by atoms with Crippen molar-refractivity contribution in [3.05, 3.63) is 0 Å². The number of β-amino-alcohol motifs (C(OH)–C–C–N with tert-alkyl or cyclic N) is 1. The molecule has 1 saturated carbocycles. The van der Waals surface area contributed by atoms with Gasteiger partial charge in [0.2, 0.25) is 5.91 Å². The van der Waals surface area contributed by atoms with Crippen LogP contribution in [0.5, 0.6) is 0 Å². The predicted octanol–water partition coefficient (Wildman–Crippen LogP) is 2.01. The van der Waals surface area contributed by atoms with Gasteiger partial charge in [-0.15, -0.1) is 0 Å². The SMILES string of the molecule is CSC(C)C(=O)NC1CCN(CC2(O)CCCCC2)CC1. The molecule has 0 aromatic rings. The van der Waals surface area contributed by atoms with Crippen molar-refractivity contribution in [1.82, 2.24) is 10.2 Å². The first-order valence-electron chi connectivity index (χ1n) is 8.30. The van der Waals surface area contributed by atoms with E-state index in [1.54, 1.807) is 11.8 Å². The number of nitrogens with one attached hydrogen (secondary N) is 1. The average Bonchev–Trinajstić information content (AvgIpc) is 2.48. The highest BCUT2D eigenvalue weighted by Gasteiger charge is 2.33. The van der Waals surface area contributed by atoms with Crippen LogP contribution in [0.3, 0.4) is 0 Å². The maximum Gasteiger partial charge on any atom is 0.233 e. The van der Waals surface area contributed by atoms with Crippen LogP contribution < -0.4 is 5.32 Å². The lowest BCUT2D eigenvalue weighted by atomic mass is 9.84. The number of hydrogen-bond donors (Lipinski definition) is 2. The molecule has 5 heteroatoms. The summed E-state index contributed by atoms with van der Waals surface area (Å²) in [4.78, 5) is 14.3. The zero-order chi connectivity index (χ0) is 15.3. The van der Waals surface area contributed by atoms with Crippen LogP contribution in [0.4, 0.5) is 0 Å². The van der Waals surface area contributed by atoms with Gasteiger partial charge in [0.05, 0.1) is 10.9 Å². The van der Waals surface area contributed by atoms with E-state index in [9.17, 15) is 9.90 Å². The number of hydrogen-bond acceptors (Lipinski definition) is 4. The summed E-state index contributed by atoms with van der Waals surface area (Å²) in [5.74, 6) is 0.159. The molecule has 1 aliphatic heterocycles. The van der Waals surface area contributed by atoms with Gasteiger partial charge < -0.3 is 15.3 Å². The number of piperidine rings is 1. The van der Waals surface area contributed by atoms with Gasteiger partial charge in [0.1, 0.15) is 0 Å². The molecule has 2 N–H and O–H groups in total. The first-order valence-corrected chi connectivity index (χ1v) is 9.59. The molecule has 0 spiro atoms. The number of amides is 1. The molecule has 2 aliphatic rings. The summed E-state index contributed by atoms with van der Waals surface area (Å²) < 4.78 is 0. The van der Waals surface area contributed by atoms with Crippen LogP contribution >= 0.6 is 11.8 Å². The second-order valence-corrected chi connectivity index (χ2v) is 7.90. The largest absolute Gasteiger partial charge is 0.389 e. The van der Waals surface area contributed by atoms with Gasteiger partial charge in [0, 0.05) is 25.7 Å². The molecule has 2 rings (SSSR count). The molecule has 1 saturated heterocycles. The maximum absolute atomic E-state index is 11.9. The molecule has 2 fully saturated rings. The van der Waals surface area contributed by atoms with Crippen molar-refractivity contribution >= 4 is 17.7 Å². The molecule has 1 heterocycles. The molecular weight excluding hydrogens is 284 g/mol. The molecule has 1 unspecified atom stereocenters. The van der Waals surface area contributed by atoms with Crippen molar-refractivity contribution in [3.63, 3.8) is 0 Å². The summed E-state index contributed by atoms with van der Waals surface area (Å²) in [7, 11) is 0. The summed E-state index contributed by atoms with van der Waals surface area (Å²) >= 11 is 1.59. The fourth-order valence-corrected chi connectivity index (χ4v) is 3.73. The number of carbonyl (C=O) groups is 1. The van der Waals surface area contributed by atoms with E-state index in [0.717, 1.165) is 58.2 Å². The van der Waals surface area contributed by atoms with Crippen molar-refractivity contribution in [3.8, 4) is 0 Å². The monoisotopic (exact) mass is 314 g/mol. The highest BCUT2D eigenvalue weighted by Crippen LogP contribution is 2.29. The number of carbonyl (C=O) groups excluding carboxylic acids is 1. The molecule has 4 nitrogen and oxygen atoms in total. The Kier molecular flexibility index (Phi) is 6.38. The number of nitrogens with zero attached hydrogens (tertiary/aromatic N) is 1. The van der Waals surface area contributed by atoms with E-state index in [4.69, 9.17) is 0 Å². The van der Waals surface area contributed by atoms with Crippen molar-refractivity contribution in [2.24, 2.45) is 0 Å². The minimum Gasteiger partial charge on any atom is -0.389 e. The summed E-state index contributed by atoms with van der Waals surface area (Å²) in [5.41, 5.74) is -0.457. The topological polar surface area (TPSA) is 52.6 Å². The Morgan fingerprint density at radius 2 is 1.95 bits per heavy atom. The lowest BCUT2D eigenvalue weighted by Crippen LogP contribution is -2.51. The van der Waals surface area contributed by atoms with Crippen molar-refractivity contribution < 1.29 is 9.90 Å². The van der Waals surface area contributed by atoms with E-state index < -0.39 is 5.60 Å². The third-order valence-electron chi connectivity index (χ3n) is 4.96. The highest BCUT2D eigenvalue weighted by atomic mass is 32.2. The van der Waals surface area contributed by atoms with E-state index in [0.29, 0.717) is 6.04 Å². The maximum atomic E-state index is 11.9. The lowest BCUT2D eigenvalue weighted by Gasteiger charge is -2.40. The van der Waals surface area contributed by atoms with E-state index in [-0.39, 0.29) is 11.2 Å². The summed E-state index contributed by atoms with van der Waals surface area (Å²) in [6, 6.07) is 0.310. The zero-order valence-corrected chi connectivity index (χ0v) is 14.3. The Labute approximate surface area is 133 Å². The standard InChI is InChI=1S/C16H30N2O2S/c1-13(21-2)15(19)17-14-6-10-18(11-7-14)12-16(20)8-4-3-5-9-16/h13-14,20H,3-12H2,1-2H3,(H,17,19). The molecule has 21 heavy (non-hydrogen) atoms. The van der Waals surface area contributed by atoms with Crippen LogP contribution in [0, 0.1) is 0 Å². The third kappa shape index (κ3) is 5.15. The van der Waals surface area contributed by atoms with Gasteiger partial charge in [-0.2, -0.15) is 11.8 Å². The summed E-state index contributed by atoms with van der Waals surface area (Å²) in [6.07, 6.45) is 9.47. The van der Waals surface area contributed by atoms with Gasteiger partial charge in [-0.05, 0) is 38.9 Å². The summed E-state index contributed by atoms with van der Waals surface area (Å²) in [5, 5.41) is 13.8. The minimum absolute atomic E-state index is 0.0333. The van der Waals surface area contributed by atoms with Gasteiger partial charge in [0.25, 0.3) is 0 Å². The van der Waals surface area contributed by atoms with Gasteiger partial charge >= 0.3 is 0 Å². The molecule has 1 aliphatic carbocycles. The smallest absolute Gasteiger partial charge is 0.233 e. The van der Waals surface area contributed by atoms with Crippen LogP contribution in [-0.4, -0.2) is 58.7 Å². The van der Waals surface area contributed by atoms with E-state index in [2.05, 4.69) is 10.2 Å². The average molecular weight is 314 g/mol. The number of likely N-dealkylation sites (tertiary alicyclic amines) is 1. The molecule has 122 valence electrons. The number of rotatable bonds is 5. The third-order valence-corrected chi connectivity index (χ3v) is 5.88. The van der Waals surface area contributed by atoms with Gasteiger partial charge in [-0.1, -0.05) is 19.3 Å². The number of thioether (sulfide) groups is 1. The molecule has 0 radical (unpaired) electrons. The summed E-state index contributed by atoms with van der Waals surface area (Å²) in [6.45, 7) is 4.74. The molecular formula is C16H30N2O2S. The highest BCUT2D eigenvalue weighted by molar-refractivity contribution is 7.99. The Bertz CT molecular complexity index is 337. The Balaban J connectivity index is 1.71. The van der Waals surface area contributed by atoms with Crippen LogP contribution in [0.15, 0.2) is 0 Å². The Hall–Kier alpha value is -0.260. The van der Waals surface area contributed by atoms with E-state index >= 15 is 0 Å². The van der Waals surface area contributed by atoms with E-state index in [1.807, 2.05) is 13.2 Å². The molecule has 0 aromatic heterocycles. The Morgan fingerprint density at radius 1 is 1.33 bits per heavy atom. The van der Waals surface area contributed by atoms with Crippen molar-refractivity contribution in [2.75, 3.05) is 25.9 Å². The molecule has 0 aromatic carbocycles. The molecule has 1 atom stereocenters. The normalized spacial score (nSPS) is 25.5. The number of aliphatic hydroxyl groups is 1. The fourth-order valence-electron chi connectivity index (χ4n) is 3.45. The molecule has 1 amide bonds. The first kappa shape index (κ1) is 17.1. The van der Waals surface area contributed by atoms with Gasteiger partial charge in [-0.3, -0.25) is 4.79 Å². The second kappa shape index (κ2) is 7.84. The Morgan fingerprint density at radius 3 is 2.52 bits per heavy atom.